The van der Waals surface area contributed by atoms with Gasteiger partial charge in [-0.3, -0.25) is 9.59 Å². The first-order chi connectivity index (χ1) is 12.3. The van der Waals surface area contributed by atoms with Gasteiger partial charge in [0.25, 0.3) is 12.3 Å². The van der Waals surface area contributed by atoms with Crippen LogP contribution in [-0.4, -0.2) is 16.8 Å². The molecule has 5 nitrogen and oxygen atoms in total. The summed E-state index contributed by atoms with van der Waals surface area (Å²) in [6, 6.07) is 8.46. The number of anilines is 1. The number of amides is 2. The Bertz CT molecular complexity index is 794. The predicted octanol–water partition coefficient (Wildman–Crippen LogP) is 4.10. The number of halogens is 2. The molecule has 26 heavy (non-hydrogen) atoms. The van der Waals surface area contributed by atoms with E-state index >= 15 is 0 Å². The number of benzene rings is 1. The molecule has 0 spiro atoms. The fourth-order valence-corrected chi connectivity index (χ4v) is 2.24. The largest absolute Gasteiger partial charge is 0.346 e. The van der Waals surface area contributed by atoms with Crippen molar-refractivity contribution >= 4 is 17.6 Å². The van der Waals surface area contributed by atoms with Crippen LogP contribution in [0.4, 0.5) is 14.6 Å². The zero-order valence-corrected chi connectivity index (χ0v) is 14.8. The lowest BCUT2D eigenvalue weighted by molar-refractivity contribution is -0.118. The van der Waals surface area contributed by atoms with E-state index in [0.717, 1.165) is 0 Å². The fraction of sp³-hybridized carbons (Fsp3) is 0.316. The van der Waals surface area contributed by atoms with Crippen LogP contribution >= 0.6 is 0 Å². The summed E-state index contributed by atoms with van der Waals surface area (Å²) in [5, 5.41) is 5.39. The van der Waals surface area contributed by atoms with Crippen LogP contribution in [0.2, 0.25) is 0 Å². The van der Waals surface area contributed by atoms with E-state index in [-0.39, 0.29) is 29.1 Å². The lowest BCUT2D eigenvalue weighted by Gasteiger charge is -2.16. The Hall–Kier alpha value is -2.83. The van der Waals surface area contributed by atoms with Crippen LogP contribution in [0.1, 0.15) is 54.7 Å². The topological polar surface area (TPSA) is 71.1 Å². The van der Waals surface area contributed by atoms with Crippen molar-refractivity contribution in [1.82, 2.24) is 10.3 Å². The van der Waals surface area contributed by atoms with Gasteiger partial charge in [-0.1, -0.05) is 32.0 Å². The second-order valence-corrected chi connectivity index (χ2v) is 6.24. The van der Waals surface area contributed by atoms with Gasteiger partial charge in [0.1, 0.15) is 5.82 Å². The average Bonchev–Trinajstić information content (AvgIpc) is 2.61. The molecule has 2 amide bonds. The third kappa shape index (κ3) is 5.08. The molecule has 0 bridgehead atoms. The summed E-state index contributed by atoms with van der Waals surface area (Å²) in [7, 11) is 0. The molecule has 2 N–H and O–H groups in total. The number of carbonyl (C=O) groups is 2. The highest BCUT2D eigenvalue weighted by Gasteiger charge is 2.15. The summed E-state index contributed by atoms with van der Waals surface area (Å²) >= 11 is 0. The number of carbonyl (C=O) groups excluding carboxylic acids is 2. The molecule has 1 unspecified atom stereocenters. The summed E-state index contributed by atoms with van der Waals surface area (Å²) in [6.45, 7) is 5.22. The Morgan fingerprint density at radius 2 is 1.73 bits per heavy atom. The van der Waals surface area contributed by atoms with Crippen LogP contribution in [-0.2, 0) is 4.79 Å². The molecule has 0 aliphatic carbocycles. The molecule has 138 valence electrons. The van der Waals surface area contributed by atoms with Crippen molar-refractivity contribution in [3.63, 3.8) is 0 Å². The van der Waals surface area contributed by atoms with Crippen LogP contribution in [0.3, 0.4) is 0 Å². The van der Waals surface area contributed by atoms with Crippen LogP contribution in [0.25, 0.3) is 0 Å². The fourth-order valence-electron chi connectivity index (χ4n) is 2.24. The number of pyridine rings is 1. The van der Waals surface area contributed by atoms with Crippen molar-refractivity contribution in [1.29, 1.82) is 0 Å². The molecular weight excluding hydrogens is 340 g/mol. The van der Waals surface area contributed by atoms with Crippen molar-refractivity contribution < 1.29 is 18.4 Å². The first kappa shape index (κ1) is 19.5. The minimum absolute atomic E-state index is 0.0915. The molecule has 1 heterocycles. The van der Waals surface area contributed by atoms with Gasteiger partial charge in [0.2, 0.25) is 5.91 Å². The third-order valence-electron chi connectivity index (χ3n) is 3.81. The number of hydrogen-bond donors (Lipinski definition) is 2. The third-order valence-corrected chi connectivity index (χ3v) is 3.81. The molecule has 0 aliphatic rings. The SMILES string of the molecule is CC(C)C(=O)Nc1cc(C(=O)NC(C)c2cccc(C(F)F)c2)ccn1. The van der Waals surface area contributed by atoms with Crippen molar-refractivity contribution in [3.8, 4) is 0 Å². The van der Waals surface area contributed by atoms with Gasteiger partial charge in [-0.25, -0.2) is 13.8 Å². The molecule has 0 aliphatic heterocycles. The Kier molecular flexibility index (Phi) is 6.38. The number of nitrogens with one attached hydrogen (secondary N) is 2. The standard InChI is InChI=1S/C19H21F2N3O2/c1-11(2)18(25)24-16-10-15(7-8-22-16)19(26)23-12(3)13-5-4-6-14(9-13)17(20)21/h4-12,17H,1-3H3,(H,23,26)(H,22,24,25). The molecular formula is C19H21F2N3O2. The van der Waals surface area contributed by atoms with E-state index in [1.165, 1.54) is 36.5 Å². The van der Waals surface area contributed by atoms with E-state index in [9.17, 15) is 18.4 Å². The van der Waals surface area contributed by atoms with Gasteiger partial charge < -0.3 is 10.6 Å². The van der Waals surface area contributed by atoms with Gasteiger partial charge in [0.15, 0.2) is 0 Å². The Morgan fingerprint density at radius 1 is 1.04 bits per heavy atom. The normalized spacial score (nSPS) is 12.1. The second kappa shape index (κ2) is 8.51. The van der Waals surface area contributed by atoms with Crippen LogP contribution in [0.5, 0.6) is 0 Å². The summed E-state index contributed by atoms with van der Waals surface area (Å²) in [5.74, 6) is -0.519. The minimum Gasteiger partial charge on any atom is -0.346 e. The van der Waals surface area contributed by atoms with Gasteiger partial charge >= 0.3 is 0 Å². The minimum atomic E-state index is -2.56. The van der Waals surface area contributed by atoms with Crippen LogP contribution in [0, 0.1) is 5.92 Å². The highest BCUT2D eigenvalue weighted by atomic mass is 19.3. The first-order valence-electron chi connectivity index (χ1n) is 8.23. The first-order valence-corrected chi connectivity index (χ1v) is 8.23. The maximum atomic E-state index is 12.8. The summed E-state index contributed by atoms with van der Waals surface area (Å²) in [5.41, 5.74) is 0.806. The van der Waals surface area contributed by atoms with Crippen molar-refractivity contribution in [3.05, 3.63) is 59.3 Å². The maximum Gasteiger partial charge on any atom is 0.263 e. The molecule has 0 fully saturated rings. The van der Waals surface area contributed by atoms with Crippen LogP contribution in [0.15, 0.2) is 42.6 Å². The van der Waals surface area contributed by atoms with Crippen molar-refractivity contribution in [2.24, 2.45) is 5.92 Å². The molecule has 2 rings (SSSR count). The molecule has 0 saturated carbocycles. The van der Waals surface area contributed by atoms with E-state index < -0.39 is 12.5 Å². The molecule has 1 aromatic heterocycles. The molecule has 2 aromatic rings. The highest BCUT2D eigenvalue weighted by Crippen LogP contribution is 2.22. The lowest BCUT2D eigenvalue weighted by Crippen LogP contribution is -2.27. The number of aromatic nitrogens is 1. The zero-order chi connectivity index (χ0) is 19.3. The zero-order valence-electron chi connectivity index (χ0n) is 14.8. The van der Waals surface area contributed by atoms with E-state index in [0.29, 0.717) is 11.1 Å². The number of hydrogen-bond acceptors (Lipinski definition) is 3. The van der Waals surface area contributed by atoms with Gasteiger partial charge in [-0.15, -0.1) is 0 Å². The summed E-state index contributed by atoms with van der Waals surface area (Å²) in [6.07, 6.45) is -1.14. The second-order valence-electron chi connectivity index (χ2n) is 6.24. The molecule has 7 heteroatoms. The molecule has 1 aromatic carbocycles. The highest BCUT2D eigenvalue weighted by molar-refractivity contribution is 5.97. The predicted molar refractivity (Wildman–Crippen MR) is 95.0 cm³/mol. The van der Waals surface area contributed by atoms with E-state index in [4.69, 9.17) is 0 Å². The summed E-state index contributed by atoms with van der Waals surface area (Å²) < 4.78 is 25.6. The van der Waals surface area contributed by atoms with E-state index in [2.05, 4.69) is 15.6 Å². The number of alkyl halides is 2. The molecule has 1 atom stereocenters. The molecule has 0 radical (unpaired) electrons. The van der Waals surface area contributed by atoms with Gasteiger partial charge in [0.05, 0.1) is 6.04 Å². The number of nitrogens with zero attached hydrogens (tertiary/aromatic N) is 1. The average molecular weight is 361 g/mol. The lowest BCUT2D eigenvalue weighted by atomic mass is 10.0. The summed E-state index contributed by atoms with van der Waals surface area (Å²) in [4.78, 5) is 28.2. The Labute approximate surface area is 150 Å². The van der Waals surface area contributed by atoms with Crippen molar-refractivity contribution in [2.45, 2.75) is 33.2 Å². The molecule has 0 saturated heterocycles. The number of rotatable bonds is 6. The van der Waals surface area contributed by atoms with Gasteiger partial charge in [-0.05, 0) is 30.7 Å². The maximum absolute atomic E-state index is 12.8. The Balaban J connectivity index is 2.09. The van der Waals surface area contributed by atoms with Gasteiger partial charge in [0, 0.05) is 23.2 Å². The van der Waals surface area contributed by atoms with Crippen molar-refractivity contribution in [2.75, 3.05) is 5.32 Å². The van der Waals surface area contributed by atoms with Crippen LogP contribution < -0.4 is 10.6 Å². The Morgan fingerprint density at radius 3 is 2.38 bits per heavy atom. The monoisotopic (exact) mass is 361 g/mol. The quantitative estimate of drug-likeness (QED) is 0.814. The van der Waals surface area contributed by atoms with Gasteiger partial charge in [-0.2, -0.15) is 0 Å². The smallest absolute Gasteiger partial charge is 0.263 e. The van der Waals surface area contributed by atoms with E-state index in [1.54, 1.807) is 26.8 Å². The van der Waals surface area contributed by atoms with E-state index in [1.807, 2.05) is 0 Å².